The summed E-state index contributed by atoms with van der Waals surface area (Å²) < 4.78 is 57.0. The molecule has 224 valence electrons. The van der Waals surface area contributed by atoms with Gasteiger partial charge in [-0.25, -0.2) is 31.7 Å². The van der Waals surface area contributed by atoms with Crippen LogP contribution in [0.3, 0.4) is 0 Å². The number of aromatic nitrogens is 2. The van der Waals surface area contributed by atoms with Gasteiger partial charge in [0.1, 0.15) is 17.7 Å². The molecular formula is C30H28ClF2N5O3S2. The quantitative estimate of drug-likeness (QED) is 0.196. The van der Waals surface area contributed by atoms with E-state index >= 15 is 0 Å². The Morgan fingerprint density at radius 2 is 1.81 bits per heavy atom. The van der Waals surface area contributed by atoms with Crippen LogP contribution >= 0.6 is 23.4 Å². The van der Waals surface area contributed by atoms with E-state index in [1.807, 2.05) is 29.2 Å². The van der Waals surface area contributed by atoms with Crippen LogP contribution < -0.4 is 10.0 Å². The second-order valence-electron chi connectivity index (χ2n) is 10.4. The third-order valence-electron chi connectivity index (χ3n) is 6.60. The van der Waals surface area contributed by atoms with Gasteiger partial charge in [-0.3, -0.25) is 4.57 Å². The molecule has 13 heteroatoms. The first kappa shape index (κ1) is 32.0. The number of imidazole rings is 1. The van der Waals surface area contributed by atoms with Gasteiger partial charge in [0, 0.05) is 27.9 Å². The summed E-state index contributed by atoms with van der Waals surface area (Å²) in [6, 6.07) is 15.2. The number of nitriles is 1. The summed E-state index contributed by atoms with van der Waals surface area (Å²) in [5.74, 6) is -0.724. The lowest BCUT2D eigenvalue weighted by molar-refractivity contribution is 0.243. The maximum atomic E-state index is 14.1. The molecule has 1 heterocycles. The van der Waals surface area contributed by atoms with Crippen molar-refractivity contribution in [1.29, 1.82) is 5.26 Å². The van der Waals surface area contributed by atoms with Crippen LogP contribution in [0.1, 0.15) is 50.1 Å². The zero-order chi connectivity index (χ0) is 31.5. The third-order valence-corrected chi connectivity index (χ3v) is 9.28. The third kappa shape index (κ3) is 7.18. The predicted molar refractivity (Wildman–Crippen MR) is 162 cm³/mol. The first-order valence-corrected chi connectivity index (χ1v) is 15.9. The Kier molecular flexibility index (Phi) is 9.49. The lowest BCUT2D eigenvalue weighted by Crippen LogP contribution is -2.42. The number of rotatable bonds is 9. The molecule has 0 aliphatic heterocycles. The second-order valence-corrected chi connectivity index (χ2v) is 13.5. The van der Waals surface area contributed by atoms with Crippen molar-refractivity contribution in [2.75, 3.05) is 0 Å². The summed E-state index contributed by atoms with van der Waals surface area (Å²) in [6.07, 6.45) is 1.67. The zero-order valence-corrected chi connectivity index (χ0v) is 26.0. The zero-order valence-electron chi connectivity index (χ0n) is 23.7. The molecule has 0 spiro atoms. The molecule has 0 bridgehead atoms. The summed E-state index contributed by atoms with van der Waals surface area (Å²) in [6.45, 7) is 7.24. The van der Waals surface area contributed by atoms with Gasteiger partial charge >= 0.3 is 6.03 Å². The number of nitrogens with zero attached hydrogens (tertiary/aromatic N) is 3. The molecular weight excluding hydrogens is 616 g/mol. The molecule has 1 aromatic heterocycles. The number of nitrogens with one attached hydrogen (secondary N) is 2. The molecule has 0 saturated heterocycles. The number of benzene rings is 3. The Labute approximate surface area is 258 Å². The van der Waals surface area contributed by atoms with E-state index in [-0.39, 0.29) is 21.5 Å². The van der Waals surface area contributed by atoms with E-state index in [1.54, 1.807) is 44.3 Å². The van der Waals surface area contributed by atoms with E-state index in [4.69, 9.17) is 11.6 Å². The second kappa shape index (κ2) is 12.8. The normalized spacial score (nSPS) is 11.8. The standard InChI is InChI=1S/C30H28ClF2N5O3S2/c1-18(2)36-28(39)37-43(40,41)24-11-5-19(25(31)14-24)17-42-29-35-16-27(38(29)23-9-7-22(32)8-10-23)30(3,4)21-6-12-26(33)20(13-21)15-34/h5-14,16,18H,17H2,1-4H3,(H2,36,37,39). The Hall–Kier alpha value is -3.92. The van der Waals surface area contributed by atoms with Crippen molar-refractivity contribution in [2.24, 2.45) is 0 Å². The van der Waals surface area contributed by atoms with Gasteiger partial charge in [0.15, 0.2) is 5.16 Å². The Balaban J connectivity index is 1.66. The van der Waals surface area contributed by atoms with Crippen molar-refractivity contribution < 1.29 is 22.0 Å². The fourth-order valence-electron chi connectivity index (χ4n) is 4.29. The number of carbonyl (C=O) groups is 1. The minimum Gasteiger partial charge on any atom is -0.335 e. The molecule has 0 atom stereocenters. The number of carbonyl (C=O) groups excluding carboxylic acids is 1. The molecule has 0 saturated carbocycles. The van der Waals surface area contributed by atoms with Crippen molar-refractivity contribution in [3.8, 4) is 11.8 Å². The van der Waals surface area contributed by atoms with Gasteiger partial charge < -0.3 is 5.32 Å². The summed E-state index contributed by atoms with van der Waals surface area (Å²) in [5, 5.41) is 12.5. The number of sulfonamides is 1. The molecule has 0 unspecified atom stereocenters. The first-order valence-electron chi connectivity index (χ1n) is 13.0. The molecule has 0 fully saturated rings. The van der Waals surface area contributed by atoms with Crippen LogP contribution in [0.4, 0.5) is 13.6 Å². The summed E-state index contributed by atoms with van der Waals surface area (Å²) in [5.41, 5.74) is 1.80. The van der Waals surface area contributed by atoms with Gasteiger partial charge in [0.05, 0.1) is 22.3 Å². The maximum Gasteiger partial charge on any atom is 0.328 e. The predicted octanol–water partition coefficient (Wildman–Crippen LogP) is 6.69. The summed E-state index contributed by atoms with van der Waals surface area (Å²) in [7, 11) is -4.15. The lowest BCUT2D eigenvalue weighted by atomic mass is 9.81. The highest BCUT2D eigenvalue weighted by Crippen LogP contribution is 2.38. The molecule has 0 aliphatic rings. The van der Waals surface area contributed by atoms with Crippen molar-refractivity contribution in [3.63, 3.8) is 0 Å². The minimum atomic E-state index is -4.15. The number of hydrogen-bond donors (Lipinski definition) is 2. The number of amides is 2. The lowest BCUT2D eigenvalue weighted by Gasteiger charge is -2.27. The van der Waals surface area contributed by atoms with Crippen LogP contribution in [0.15, 0.2) is 76.9 Å². The van der Waals surface area contributed by atoms with Crippen LogP contribution in [0.5, 0.6) is 0 Å². The van der Waals surface area contributed by atoms with E-state index in [0.29, 0.717) is 33.4 Å². The highest BCUT2D eigenvalue weighted by atomic mass is 35.5. The molecule has 2 N–H and O–H groups in total. The molecule has 8 nitrogen and oxygen atoms in total. The summed E-state index contributed by atoms with van der Waals surface area (Å²) >= 11 is 7.78. The van der Waals surface area contributed by atoms with E-state index < -0.39 is 33.1 Å². The van der Waals surface area contributed by atoms with Gasteiger partial charge in [0.2, 0.25) is 0 Å². The molecule has 0 radical (unpaired) electrons. The number of halogens is 3. The first-order chi connectivity index (χ1) is 20.2. The molecule has 4 rings (SSSR count). The van der Waals surface area contributed by atoms with E-state index in [2.05, 4.69) is 10.3 Å². The minimum absolute atomic E-state index is 0.0797. The van der Waals surface area contributed by atoms with Crippen molar-refractivity contribution >= 4 is 39.4 Å². The highest BCUT2D eigenvalue weighted by Gasteiger charge is 2.30. The Morgan fingerprint density at radius 1 is 1.12 bits per heavy atom. The van der Waals surface area contributed by atoms with Crippen LogP contribution in [-0.4, -0.2) is 30.0 Å². The van der Waals surface area contributed by atoms with Gasteiger partial charge in [-0.2, -0.15) is 5.26 Å². The van der Waals surface area contributed by atoms with Crippen molar-refractivity contribution in [2.45, 2.75) is 55.0 Å². The van der Waals surface area contributed by atoms with E-state index in [0.717, 1.165) is 0 Å². The number of hydrogen-bond acceptors (Lipinski definition) is 6. The Bertz CT molecular complexity index is 1820. The van der Waals surface area contributed by atoms with Crippen LogP contribution in [0.25, 0.3) is 5.69 Å². The average Bonchev–Trinajstić information content (AvgIpc) is 3.37. The van der Waals surface area contributed by atoms with Gasteiger partial charge in [-0.1, -0.05) is 49.3 Å². The number of thioether (sulfide) groups is 1. The fourth-order valence-corrected chi connectivity index (χ4v) is 6.62. The topological polar surface area (TPSA) is 117 Å². The smallest absolute Gasteiger partial charge is 0.328 e. The van der Waals surface area contributed by atoms with Crippen LogP contribution in [-0.2, 0) is 21.2 Å². The van der Waals surface area contributed by atoms with Crippen molar-refractivity contribution in [1.82, 2.24) is 19.6 Å². The molecule has 3 aromatic carbocycles. The SMILES string of the molecule is CC(C)NC(=O)NS(=O)(=O)c1ccc(CSc2ncc(C(C)(C)c3ccc(F)c(C#N)c3)n2-c2ccc(F)cc2)c(Cl)c1. The molecule has 43 heavy (non-hydrogen) atoms. The van der Waals surface area contributed by atoms with Crippen molar-refractivity contribution in [3.05, 3.63) is 106 Å². The van der Waals surface area contributed by atoms with Crippen LogP contribution in [0.2, 0.25) is 5.02 Å². The maximum absolute atomic E-state index is 14.1. The Morgan fingerprint density at radius 3 is 2.44 bits per heavy atom. The van der Waals surface area contributed by atoms with Gasteiger partial charge in [0.25, 0.3) is 10.0 Å². The highest BCUT2D eigenvalue weighted by molar-refractivity contribution is 7.98. The van der Waals surface area contributed by atoms with Crippen LogP contribution in [0, 0.1) is 23.0 Å². The molecule has 4 aromatic rings. The van der Waals surface area contributed by atoms with E-state index in [1.165, 1.54) is 48.2 Å². The summed E-state index contributed by atoms with van der Waals surface area (Å²) in [4.78, 5) is 16.4. The largest absolute Gasteiger partial charge is 0.335 e. The monoisotopic (exact) mass is 643 g/mol. The van der Waals surface area contributed by atoms with Gasteiger partial charge in [-0.05, 0) is 73.5 Å². The number of urea groups is 1. The average molecular weight is 644 g/mol. The molecule has 0 aliphatic carbocycles. The van der Waals surface area contributed by atoms with E-state index in [9.17, 15) is 27.3 Å². The fraction of sp³-hybridized carbons (Fsp3) is 0.233. The van der Waals surface area contributed by atoms with Gasteiger partial charge in [-0.15, -0.1) is 0 Å². The molecule has 2 amide bonds.